The van der Waals surface area contributed by atoms with Gasteiger partial charge in [0.1, 0.15) is 4.21 Å². The van der Waals surface area contributed by atoms with Crippen LogP contribution in [-0.2, 0) is 10.0 Å². The Bertz CT molecular complexity index is 454. The average Bonchev–Trinajstić information content (AvgIpc) is 2.49. The molecule has 0 fully saturated rings. The highest BCUT2D eigenvalue weighted by Gasteiger charge is 2.27. The van der Waals surface area contributed by atoms with Crippen molar-refractivity contribution in [1.29, 1.82) is 0 Å². The normalized spacial score (nSPS) is 13.0. The van der Waals surface area contributed by atoms with Gasteiger partial charge in [-0.1, -0.05) is 15.9 Å². The van der Waals surface area contributed by atoms with Gasteiger partial charge in [-0.25, -0.2) is 13.1 Å². The Morgan fingerprint density at radius 3 is 2.56 bits per heavy atom. The number of halogens is 2. The number of hydrogen-bond acceptors (Lipinski definition) is 3. The summed E-state index contributed by atoms with van der Waals surface area (Å²) in [7, 11) is -3.43. The molecule has 92 valence electrons. The molecule has 1 heterocycles. The maximum atomic E-state index is 12.1. The van der Waals surface area contributed by atoms with Crippen molar-refractivity contribution < 1.29 is 8.42 Å². The summed E-state index contributed by atoms with van der Waals surface area (Å²) < 4.78 is 27.8. The quantitative estimate of drug-likeness (QED) is 0.783. The number of thiophene rings is 1. The third kappa shape index (κ3) is 3.80. The zero-order chi connectivity index (χ0) is 12.4. The van der Waals surface area contributed by atoms with E-state index in [-0.39, 0.29) is 0 Å². The van der Waals surface area contributed by atoms with Gasteiger partial charge in [0.15, 0.2) is 0 Å². The molecule has 0 amide bonds. The monoisotopic (exact) mass is 389 g/mol. The lowest BCUT2D eigenvalue weighted by atomic mass is 10.0. The van der Waals surface area contributed by atoms with Crippen LogP contribution in [0.15, 0.2) is 20.1 Å². The van der Waals surface area contributed by atoms with Crippen molar-refractivity contribution in [3.05, 3.63) is 15.9 Å². The SMILES string of the molecule is CC(C)(CCBr)NS(=O)(=O)c1sccc1Br. The molecule has 0 saturated carbocycles. The van der Waals surface area contributed by atoms with Gasteiger partial charge in [-0.15, -0.1) is 11.3 Å². The van der Waals surface area contributed by atoms with Crippen LogP contribution in [0.5, 0.6) is 0 Å². The minimum atomic E-state index is -3.43. The second kappa shape index (κ2) is 5.48. The van der Waals surface area contributed by atoms with Crippen molar-refractivity contribution in [3.63, 3.8) is 0 Å². The Balaban J connectivity index is 2.93. The first-order chi connectivity index (χ1) is 7.28. The fourth-order valence-electron chi connectivity index (χ4n) is 1.17. The van der Waals surface area contributed by atoms with E-state index in [0.717, 1.165) is 11.8 Å². The Labute approximate surface area is 117 Å². The molecule has 1 aromatic heterocycles. The summed E-state index contributed by atoms with van der Waals surface area (Å²) in [5, 5.41) is 2.50. The molecule has 16 heavy (non-hydrogen) atoms. The summed E-state index contributed by atoms with van der Waals surface area (Å²) in [4.78, 5) is 0. The molecule has 0 aliphatic rings. The molecule has 0 aromatic carbocycles. The zero-order valence-corrected chi connectivity index (χ0v) is 13.8. The van der Waals surface area contributed by atoms with Gasteiger partial charge in [0.25, 0.3) is 10.0 Å². The van der Waals surface area contributed by atoms with E-state index >= 15 is 0 Å². The fraction of sp³-hybridized carbons (Fsp3) is 0.556. The van der Waals surface area contributed by atoms with Crippen molar-refractivity contribution in [3.8, 4) is 0 Å². The summed E-state index contributed by atoms with van der Waals surface area (Å²) in [6, 6.07) is 1.73. The number of sulfonamides is 1. The van der Waals surface area contributed by atoms with Gasteiger partial charge in [0.2, 0.25) is 0 Å². The second-order valence-electron chi connectivity index (χ2n) is 3.98. The van der Waals surface area contributed by atoms with Gasteiger partial charge >= 0.3 is 0 Å². The average molecular weight is 391 g/mol. The lowest BCUT2D eigenvalue weighted by molar-refractivity contribution is 0.444. The third-order valence-electron chi connectivity index (χ3n) is 1.96. The van der Waals surface area contributed by atoms with E-state index in [0.29, 0.717) is 8.68 Å². The van der Waals surface area contributed by atoms with Crippen LogP contribution >= 0.6 is 43.2 Å². The highest BCUT2D eigenvalue weighted by Crippen LogP contribution is 2.28. The van der Waals surface area contributed by atoms with E-state index in [1.54, 1.807) is 11.4 Å². The molecule has 0 aliphatic heterocycles. The molecule has 1 N–H and O–H groups in total. The van der Waals surface area contributed by atoms with E-state index in [9.17, 15) is 8.42 Å². The van der Waals surface area contributed by atoms with Crippen molar-refractivity contribution in [2.75, 3.05) is 5.33 Å². The maximum absolute atomic E-state index is 12.1. The number of alkyl halides is 1. The molecular weight excluding hydrogens is 378 g/mol. The molecule has 0 atom stereocenters. The second-order valence-corrected chi connectivity index (χ2v) is 8.43. The summed E-state index contributed by atoms with van der Waals surface area (Å²) in [6.07, 6.45) is 0.731. The number of hydrogen-bond donors (Lipinski definition) is 1. The van der Waals surface area contributed by atoms with Gasteiger partial charge in [0, 0.05) is 15.3 Å². The maximum Gasteiger partial charge on any atom is 0.251 e. The van der Waals surface area contributed by atoms with Crippen LogP contribution in [0, 0.1) is 0 Å². The van der Waals surface area contributed by atoms with Crippen LogP contribution in [-0.4, -0.2) is 19.3 Å². The van der Waals surface area contributed by atoms with Crippen LogP contribution in [0.2, 0.25) is 0 Å². The fourth-order valence-corrected chi connectivity index (χ4v) is 5.94. The lowest BCUT2D eigenvalue weighted by Crippen LogP contribution is -2.43. The smallest absolute Gasteiger partial charge is 0.206 e. The summed E-state index contributed by atoms with van der Waals surface area (Å²) in [6.45, 7) is 3.74. The predicted octanol–water partition coefficient (Wildman–Crippen LogP) is 3.35. The summed E-state index contributed by atoms with van der Waals surface area (Å²) >= 11 is 7.75. The van der Waals surface area contributed by atoms with Crippen LogP contribution in [0.3, 0.4) is 0 Å². The minimum Gasteiger partial charge on any atom is -0.206 e. The van der Waals surface area contributed by atoms with Gasteiger partial charge in [-0.2, -0.15) is 0 Å². The van der Waals surface area contributed by atoms with Crippen LogP contribution in [0.4, 0.5) is 0 Å². The van der Waals surface area contributed by atoms with E-state index in [4.69, 9.17) is 0 Å². The van der Waals surface area contributed by atoms with Gasteiger partial charge in [-0.05, 0) is 47.6 Å². The standard InChI is InChI=1S/C9H13Br2NO2S2/c1-9(2,4-5-10)12-16(13,14)8-7(11)3-6-15-8/h3,6,12H,4-5H2,1-2H3. The van der Waals surface area contributed by atoms with Gasteiger partial charge < -0.3 is 0 Å². The zero-order valence-electron chi connectivity index (χ0n) is 8.96. The van der Waals surface area contributed by atoms with Crippen LogP contribution < -0.4 is 4.72 Å². The van der Waals surface area contributed by atoms with E-state index in [1.807, 2.05) is 13.8 Å². The molecule has 0 spiro atoms. The first-order valence-electron chi connectivity index (χ1n) is 4.61. The number of nitrogens with one attached hydrogen (secondary N) is 1. The van der Waals surface area contributed by atoms with Crippen LogP contribution in [0.25, 0.3) is 0 Å². The minimum absolute atomic E-state index is 0.329. The third-order valence-corrected chi connectivity index (χ3v) is 6.72. The molecule has 0 saturated heterocycles. The van der Waals surface area contributed by atoms with Crippen LogP contribution in [0.1, 0.15) is 20.3 Å². The molecule has 0 aliphatic carbocycles. The lowest BCUT2D eigenvalue weighted by Gasteiger charge is -2.24. The Kier molecular flexibility index (Phi) is 5.01. The largest absolute Gasteiger partial charge is 0.251 e. The molecular formula is C9H13Br2NO2S2. The molecule has 1 rings (SSSR count). The van der Waals surface area contributed by atoms with E-state index in [1.165, 1.54) is 11.3 Å². The molecule has 0 radical (unpaired) electrons. The first kappa shape index (κ1) is 14.6. The van der Waals surface area contributed by atoms with Gasteiger partial charge in [-0.3, -0.25) is 0 Å². The molecule has 0 bridgehead atoms. The predicted molar refractivity (Wildman–Crippen MR) is 74.8 cm³/mol. The summed E-state index contributed by atoms with van der Waals surface area (Å²) in [5.41, 5.74) is -0.453. The van der Waals surface area contributed by atoms with Gasteiger partial charge in [0.05, 0.1) is 0 Å². The summed E-state index contributed by atoms with van der Waals surface area (Å²) in [5.74, 6) is 0. The van der Waals surface area contributed by atoms with Crippen molar-refractivity contribution in [1.82, 2.24) is 4.72 Å². The van der Waals surface area contributed by atoms with Crippen molar-refractivity contribution in [2.24, 2.45) is 0 Å². The highest BCUT2D eigenvalue weighted by atomic mass is 79.9. The van der Waals surface area contributed by atoms with E-state index < -0.39 is 15.6 Å². The molecule has 3 nitrogen and oxygen atoms in total. The van der Waals surface area contributed by atoms with E-state index in [2.05, 4.69) is 36.6 Å². The topological polar surface area (TPSA) is 46.2 Å². The van der Waals surface area contributed by atoms with Crippen molar-refractivity contribution >= 4 is 53.2 Å². The molecule has 1 aromatic rings. The first-order valence-corrected chi connectivity index (χ1v) is 8.89. The van der Waals surface area contributed by atoms with Crippen molar-refractivity contribution in [2.45, 2.75) is 30.0 Å². The molecule has 0 unspecified atom stereocenters. The molecule has 7 heteroatoms. The number of rotatable bonds is 5. The Morgan fingerprint density at radius 2 is 2.12 bits per heavy atom. The Hall–Kier alpha value is 0.570. The highest BCUT2D eigenvalue weighted by molar-refractivity contribution is 9.10. The Morgan fingerprint density at radius 1 is 1.50 bits per heavy atom.